The Morgan fingerprint density at radius 2 is 2.23 bits per heavy atom. The molecule has 0 radical (unpaired) electrons. The van der Waals surface area contributed by atoms with Gasteiger partial charge in [0, 0.05) is 11.3 Å². The molecular formula is C17H25ClN2OS. The first-order valence-electron chi connectivity index (χ1n) is 7.87. The molecule has 1 aliphatic carbocycles. The Labute approximate surface area is 142 Å². The van der Waals surface area contributed by atoms with Crippen molar-refractivity contribution in [3.8, 4) is 0 Å². The van der Waals surface area contributed by atoms with Gasteiger partial charge in [0.1, 0.15) is 0 Å². The van der Waals surface area contributed by atoms with Gasteiger partial charge in [-0.1, -0.05) is 24.6 Å². The van der Waals surface area contributed by atoms with Crippen molar-refractivity contribution in [2.45, 2.75) is 44.4 Å². The first-order chi connectivity index (χ1) is 10.5. The van der Waals surface area contributed by atoms with Crippen LogP contribution in [-0.4, -0.2) is 41.4 Å². The number of rotatable bonds is 6. The van der Waals surface area contributed by atoms with Crippen LogP contribution < -0.4 is 5.32 Å². The minimum Gasteiger partial charge on any atom is -0.324 e. The van der Waals surface area contributed by atoms with Gasteiger partial charge in [-0.25, -0.2) is 0 Å². The Bertz CT molecular complexity index is 523. The summed E-state index contributed by atoms with van der Waals surface area (Å²) in [5.41, 5.74) is 1.78. The van der Waals surface area contributed by atoms with Crippen LogP contribution in [0, 0.1) is 6.92 Å². The van der Waals surface area contributed by atoms with E-state index < -0.39 is 0 Å². The number of halogens is 1. The highest BCUT2D eigenvalue weighted by Gasteiger charge is 2.28. The molecule has 0 heterocycles. The molecule has 22 heavy (non-hydrogen) atoms. The number of amides is 1. The number of nitrogens with zero attached hydrogens (tertiary/aromatic N) is 1. The predicted molar refractivity (Wildman–Crippen MR) is 97.0 cm³/mol. The first-order valence-corrected chi connectivity index (χ1v) is 9.30. The zero-order chi connectivity index (χ0) is 16.1. The van der Waals surface area contributed by atoms with Crippen molar-refractivity contribution < 1.29 is 4.79 Å². The van der Waals surface area contributed by atoms with E-state index in [0.717, 1.165) is 10.8 Å². The average Bonchev–Trinajstić information content (AvgIpc) is 2.91. The highest BCUT2D eigenvalue weighted by atomic mass is 35.5. The third kappa shape index (κ3) is 4.90. The van der Waals surface area contributed by atoms with E-state index in [9.17, 15) is 4.79 Å². The lowest BCUT2D eigenvalue weighted by Crippen LogP contribution is -2.36. The minimum atomic E-state index is -0.000141. The highest BCUT2D eigenvalue weighted by molar-refractivity contribution is 7.99. The van der Waals surface area contributed by atoms with Gasteiger partial charge in [0.2, 0.25) is 5.91 Å². The summed E-state index contributed by atoms with van der Waals surface area (Å²) in [7, 11) is 2.04. The molecule has 0 aromatic heterocycles. The van der Waals surface area contributed by atoms with E-state index in [1.54, 1.807) is 0 Å². The number of hydrogen-bond acceptors (Lipinski definition) is 3. The summed E-state index contributed by atoms with van der Waals surface area (Å²) in [5, 5.41) is 4.26. The molecule has 1 amide bonds. The third-order valence-corrected chi connectivity index (χ3v) is 5.72. The van der Waals surface area contributed by atoms with Gasteiger partial charge >= 0.3 is 0 Å². The molecule has 1 aromatic rings. The maximum Gasteiger partial charge on any atom is 0.238 e. The minimum absolute atomic E-state index is 0.000141. The van der Waals surface area contributed by atoms with E-state index in [-0.39, 0.29) is 5.91 Å². The lowest BCUT2D eigenvalue weighted by atomic mass is 10.2. The van der Waals surface area contributed by atoms with E-state index in [1.807, 2.05) is 43.9 Å². The second-order valence-electron chi connectivity index (χ2n) is 5.99. The molecule has 1 fully saturated rings. The van der Waals surface area contributed by atoms with Crippen molar-refractivity contribution in [3.63, 3.8) is 0 Å². The smallest absolute Gasteiger partial charge is 0.238 e. The van der Waals surface area contributed by atoms with Crippen molar-refractivity contribution >= 4 is 35.0 Å². The fraction of sp³-hybridized carbons (Fsp3) is 0.588. The maximum absolute atomic E-state index is 12.2. The summed E-state index contributed by atoms with van der Waals surface area (Å²) in [6.07, 6.45) is 3.64. The van der Waals surface area contributed by atoms with Gasteiger partial charge in [0.15, 0.2) is 0 Å². The summed E-state index contributed by atoms with van der Waals surface area (Å²) in [6.45, 7) is 4.61. The largest absolute Gasteiger partial charge is 0.324 e. The SMILES string of the molecule is CCSC1CCC(N(C)CC(=O)Nc2ccc(C)cc2Cl)C1. The second-order valence-corrected chi connectivity index (χ2v) is 7.98. The van der Waals surface area contributed by atoms with Gasteiger partial charge in [0.05, 0.1) is 17.3 Å². The molecule has 0 bridgehead atoms. The van der Waals surface area contributed by atoms with Crippen LogP contribution in [0.4, 0.5) is 5.69 Å². The molecule has 122 valence electrons. The van der Waals surface area contributed by atoms with Crippen LogP contribution in [0.15, 0.2) is 18.2 Å². The summed E-state index contributed by atoms with van der Waals surface area (Å²) < 4.78 is 0. The van der Waals surface area contributed by atoms with Crippen LogP contribution >= 0.6 is 23.4 Å². The summed E-state index contributed by atoms with van der Waals surface area (Å²) >= 11 is 8.20. The monoisotopic (exact) mass is 340 g/mol. The number of likely N-dealkylation sites (N-methyl/N-ethyl adjacent to an activating group) is 1. The average molecular weight is 341 g/mol. The Kier molecular flexibility index (Phi) is 6.60. The number of hydrogen-bond donors (Lipinski definition) is 1. The quantitative estimate of drug-likeness (QED) is 0.842. The van der Waals surface area contributed by atoms with Crippen LogP contribution in [0.25, 0.3) is 0 Å². The topological polar surface area (TPSA) is 32.3 Å². The summed E-state index contributed by atoms with van der Waals surface area (Å²) in [5.74, 6) is 1.17. The van der Waals surface area contributed by atoms with E-state index >= 15 is 0 Å². The van der Waals surface area contributed by atoms with Crippen molar-refractivity contribution in [3.05, 3.63) is 28.8 Å². The Morgan fingerprint density at radius 3 is 2.91 bits per heavy atom. The van der Waals surface area contributed by atoms with Gasteiger partial charge in [-0.05, 0) is 56.7 Å². The molecule has 3 nitrogen and oxygen atoms in total. The lowest BCUT2D eigenvalue weighted by molar-refractivity contribution is -0.117. The number of thioether (sulfide) groups is 1. The van der Waals surface area contributed by atoms with Gasteiger partial charge < -0.3 is 5.32 Å². The van der Waals surface area contributed by atoms with Gasteiger partial charge in [-0.2, -0.15) is 11.8 Å². The molecule has 2 rings (SSSR count). The van der Waals surface area contributed by atoms with Crippen molar-refractivity contribution in [2.75, 3.05) is 24.7 Å². The van der Waals surface area contributed by atoms with Gasteiger partial charge in [-0.3, -0.25) is 9.69 Å². The highest BCUT2D eigenvalue weighted by Crippen LogP contribution is 2.32. The normalized spacial score (nSPS) is 21.3. The molecule has 0 spiro atoms. The van der Waals surface area contributed by atoms with Crippen LogP contribution in [-0.2, 0) is 4.79 Å². The van der Waals surface area contributed by atoms with E-state index in [2.05, 4.69) is 17.1 Å². The number of benzene rings is 1. The molecule has 2 unspecified atom stereocenters. The van der Waals surface area contributed by atoms with E-state index in [4.69, 9.17) is 11.6 Å². The van der Waals surface area contributed by atoms with Crippen LogP contribution in [0.5, 0.6) is 0 Å². The second kappa shape index (κ2) is 8.23. The zero-order valence-corrected chi connectivity index (χ0v) is 15.1. The lowest BCUT2D eigenvalue weighted by Gasteiger charge is -2.23. The molecular weight excluding hydrogens is 316 g/mol. The fourth-order valence-corrected chi connectivity index (χ4v) is 4.39. The summed E-state index contributed by atoms with van der Waals surface area (Å²) in [4.78, 5) is 14.4. The molecule has 1 aliphatic rings. The van der Waals surface area contributed by atoms with Crippen LogP contribution in [0.2, 0.25) is 5.02 Å². The van der Waals surface area contributed by atoms with Crippen LogP contribution in [0.3, 0.4) is 0 Å². The Balaban J connectivity index is 1.84. The molecule has 0 saturated heterocycles. The Morgan fingerprint density at radius 1 is 1.45 bits per heavy atom. The first kappa shape index (κ1) is 17.6. The number of anilines is 1. The molecule has 1 N–H and O–H groups in total. The summed E-state index contributed by atoms with van der Waals surface area (Å²) in [6, 6.07) is 6.20. The van der Waals surface area contributed by atoms with Crippen LogP contribution in [0.1, 0.15) is 31.7 Å². The molecule has 1 saturated carbocycles. The standard InChI is InChI=1S/C17H25ClN2OS/c1-4-22-14-7-6-13(10-14)20(3)11-17(21)19-16-8-5-12(2)9-15(16)18/h5,8-9,13-14H,4,6-7,10-11H2,1-3H3,(H,19,21). The fourth-order valence-electron chi connectivity index (χ4n) is 2.97. The number of aryl methyl sites for hydroxylation is 1. The van der Waals surface area contributed by atoms with Crippen molar-refractivity contribution in [1.82, 2.24) is 4.90 Å². The maximum atomic E-state index is 12.2. The molecule has 1 aromatic carbocycles. The van der Waals surface area contributed by atoms with Gasteiger partial charge in [-0.15, -0.1) is 0 Å². The number of carbonyl (C=O) groups excluding carboxylic acids is 1. The van der Waals surface area contributed by atoms with E-state index in [1.165, 1.54) is 25.0 Å². The Hall–Kier alpha value is -0.710. The molecule has 0 aliphatic heterocycles. The third-order valence-electron chi connectivity index (χ3n) is 4.17. The zero-order valence-electron chi connectivity index (χ0n) is 13.6. The number of carbonyl (C=O) groups is 1. The number of nitrogens with one attached hydrogen (secondary N) is 1. The predicted octanol–water partition coefficient (Wildman–Crippen LogP) is 4.19. The molecule has 5 heteroatoms. The van der Waals surface area contributed by atoms with Crippen molar-refractivity contribution in [1.29, 1.82) is 0 Å². The van der Waals surface area contributed by atoms with Crippen molar-refractivity contribution in [2.24, 2.45) is 0 Å². The van der Waals surface area contributed by atoms with Gasteiger partial charge in [0.25, 0.3) is 0 Å². The molecule has 2 atom stereocenters. The van der Waals surface area contributed by atoms with E-state index in [0.29, 0.717) is 23.3 Å².